The highest BCUT2D eigenvalue weighted by Crippen LogP contribution is 2.22. The van der Waals surface area contributed by atoms with Crippen LogP contribution >= 0.6 is 0 Å². The molecule has 6 nitrogen and oxygen atoms in total. The first-order valence-corrected chi connectivity index (χ1v) is 5.54. The van der Waals surface area contributed by atoms with Crippen molar-refractivity contribution < 1.29 is 19.7 Å². The van der Waals surface area contributed by atoms with E-state index in [1.807, 2.05) is 0 Å². The van der Waals surface area contributed by atoms with Crippen LogP contribution in [0.4, 0.5) is 0 Å². The van der Waals surface area contributed by atoms with Crippen LogP contribution in [0.1, 0.15) is 17.3 Å². The number of aliphatic hydroxyl groups is 1. The second kappa shape index (κ2) is 6.23. The minimum Gasteiger partial charge on any atom is -0.507 e. The third-order valence-corrected chi connectivity index (χ3v) is 2.57. The topological polar surface area (TPSA) is 105 Å². The highest BCUT2D eigenvalue weighted by molar-refractivity contribution is 5.97. The van der Waals surface area contributed by atoms with Gasteiger partial charge >= 0.3 is 0 Å². The number of rotatable bonds is 5. The van der Waals surface area contributed by atoms with Crippen molar-refractivity contribution in [2.45, 2.75) is 19.1 Å². The Morgan fingerprint density at radius 3 is 2.78 bits per heavy atom. The molecule has 100 valence electrons. The number of aliphatic hydroxyl groups excluding tert-OH is 1. The van der Waals surface area contributed by atoms with E-state index < -0.39 is 18.1 Å². The molecule has 0 saturated heterocycles. The van der Waals surface area contributed by atoms with Crippen molar-refractivity contribution in [1.82, 2.24) is 5.32 Å². The number of hydrogen-bond acceptors (Lipinski definition) is 5. The number of aromatic hydroxyl groups is 1. The predicted molar refractivity (Wildman–Crippen MR) is 66.6 cm³/mol. The number of benzene rings is 1. The molecule has 0 fully saturated rings. The lowest BCUT2D eigenvalue weighted by atomic mass is 10.1. The van der Waals surface area contributed by atoms with Gasteiger partial charge in [0.2, 0.25) is 0 Å². The average Bonchev–Trinajstić information content (AvgIpc) is 2.35. The first kappa shape index (κ1) is 14.3. The van der Waals surface area contributed by atoms with Crippen molar-refractivity contribution in [2.75, 3.05) is 13.7 Å². The minimum absolute atomic E-state index is 0.104. The number of ether oxygens (including phenoxy) is 1. The largest absolute Gasteiger partial charge is 0.507 e. The van der Waals surface area contributed by atoms with E-state index >= 15 is 0 Å². The van der Waals surface area contributed by atoms with E-state index in [-0.39, 0.29) is 17.9 Å². The van der Waals surface area contributed by atoms with Crippen LogP contribution in [-0.2, 0) is 0 Å². The number of amides is 1. The summed E-state index contributed by atoms with van der Waals surface area (Å²) in [4.78, 5) is 11.8. The van der Waals surface area contributed by atoms with Crippen molar-refractivity contribution in [3.8, 4) is 11.5 Å². The molecular weight excluding hydrogens is 236 g/mol. The van der Waals surface area contributed by atoms with Crippen LogP contribution in [-0.4, -0.2) is 41.9 Å². The van der Waals surface area contributed by atoms with Crippen LogP contribution < -0.4 is 15.8 Å². The van der Waals surface area contributed by atoms with E-state index in [9.17, 15) is 15.0 Å². The summed E-state index contributed by atoms with van der Waals surface area (Å²) in [5.41, 5.74) is 5.69. The first-order chi connectivity index (χ1) is 8.45. The summed E-state index contributed by atoms with van der Waals surface area (Å²) in [6.45, 7) is 1.66. The van der Waals surface area contributed by atoms with Crippen molar-refractivity contribution in [1.29, 1.82) is 0 Å². The summed E-state index contributed by atoms with van der Waals surface area (Å²) in [5, 5.41) is 21.3. The fraction of sp³-hybridized carbons (Fsp3) is 0.417. The maximum atomic E-state index is 11.8. The lowest BCUT2D eigenvalue weighted by molar-refractivity contribution is 0.0934. The number of carbonyl (C=O) groups excluding carboxylic acids is 1. The summed E-state index contributed by atoms with van der Waals surface area (Å²) in [6, 6.07) is 3.80. The SMILES string of the molecule is COc1ccc(O)c(C(=O)NCC(N)C(C)O)c1. The third kappa shape index (κ3) is 3.61. The molecule has 18 heavy (non-hydrogen) atoms. The molecular formula is C12H18N2O4. The Labute approximate surface area is 105 Å². The summed E-state index contributed by atoms with van der Waals surface area (Å²) < 4.78 is 4.97. The molecule has 0 bridgehead atoms. The Morgan fingerprint density at radius 2 is 2.22 bits per heavy atom. The number of carbonyl (C=O) groups is 1. The van der Waals surface area contributed by atoms with Gasteiger partial charge in [0.15, 0.2) is 0 Å². The van der Waals surface area contributed by atoms with Gasteiger partial charge in [0, 0.05) is 12.6 Å². The Balaban J connectivity index is 2.72. The van der Waals surface area contributed by atoms with Crippen molar-refractivity contribution in [2.24, 2.45) is 5.73 Å². The van der Waals surface area contributed by atoms with Gasteiger partial charge < -0.3 is 26.0 Å². The van der Waals surface area contributed by atoms with Crippen LogP contribution in [0, 0.1) is 0 Å². The van der Waals surface area contributed by atoms with Gasteiger partial charge in [-0.3, -0.25) is 4.79 Å². The predicted octanol–water partition coefficient (Wildman–Crippen LogP) is -0.161. The van der Waals surface area contributed by atoms with E-state index in [2.05, 4.69) is 5.32 Å². The maximum absolute atomic E-state index is 11.8. The first-order valence-electron chi connectivity index (χ1n) is 5.54. The van der Waals surface area contributed by atoms with Crippen LogP contribution in [0.15, 0.2) is 18.2 Å². The fourth-order valence-electron chi connectivity index (χ4n) is 1.30. The van der Waals surface area contributed by atoms with Gasteiger partial charge in [0.25, 0.3) is 5.91 Å². The Morgan fingerprint density at radius 1 is 1.56 bits per heavy atom. The number of phenolic OH excluding ortho intramolecular Hbond substituents is 1. The molecule has 0 aromatic heterocycles. The number of methoxy groups -OCH3 is 1. The monoisotopic (exact) mass is 254 g/mol. The standard InChI is InChI=1S/C12H18N2O4/c1-7(15)10(13)6-14-12(17)9-5-8(18-2)3-4-11(9)16/h3-5,7,10,15-16H,6,13H2,1-2H3,(H,14,17). The zero-order valence-electron chi connectivity index (χ0n) is 10.4. The van der Waals surface area contributed by atoms with E-state index in [0.717, 1.165) is 0 Å². The minimum atomic E-state index is -0.718. The molecule has 1 aromatic rings. The van der Waals surface area contributed by atoms with Gasteiger partial charge in [0.05, 0.1) is 18.8 Å². The molecule has 0 aliphatic heterocycles. The van der Waals surface area contributed by atoms with Crippen LogP contribution in [0.25, 0.3) is 0 Å². The van der Waals surface area contributed by atoms with E-state index in [4.69, 9.17) is 10.5 Å². The molecule has 2 atom stereocenters. The molecule has 1 aromatic carbocycles. The second-order valence-corrected chi connectivity index (χ2v) is 4.00. The highest BCUT2D eigenvalue weighted by Gasteiger charge is 2.15. The third-order valence-electron chi connectivity index (χ3n) is 2.57. The van der Waals surface area contributed by atoms with Crippen molar-refractivity contribution >= 4 is 5.91 Å². The van der Waals surface area contributed by atoms with Crippen molar-refractivity contribution in [3.63, 3.8) is 0 Å². The Hall–Kier alpha value is -1.79. The van der Waals surface area contributed by atoms with E-state index in [1.165, 1.54) is 19.2 Å². The normalized spacial score (nSPS) is 13.8. The number of hydrogen-bond donors (Lipinski definition) is 4. The van der Waals surface area contributed by atoms with E-state index in [0.29, 0.717) is 5.75 Å². The number of nitrogens with two attached hydrogens (primary N) is 1. The van der Waals surface area contributed by atoms with Gasteiger partial charge in [-0.25, -0.2) is 0 Å². The van der Waals surface area contributed by atoms with Crippen molar-refractivity contribution in [3.05, 3.63) is 23.8 Å². The molecule has 1 amide bonds. The smallest absolute Gasteiger partial charge is 0.255 e. The van der Waals surface area contributed by atoms with Gasteiger partial charge in [-0.2, -0.15) is 0 Å². The van der Waals surface area contributed by atoms with E-state index in [1.54, 1.807) is 13.0 Å². The molecule has 0 radical (unpaired) electrons. The second-order valence-electron chi connectivity index (χ2n) is 4.00. The number of nitrogens with one attached hydrogen (secondary N) is 1. The summed E-state index contributed by atoms with van der Waals surface area (Å²) in [5.74, 6) is -0.140. The Kier molecular flexibility index (Phi) is 4.94. The molecule has 0 aliphatic rings. The van der Waals surface area contributed by atoms with Crippen LogP contribution in [0.2, 0.25) is 0 Å². The highest BCUT2D eigenvalue weighted by atomic mass is 16.5. The van der Waals surface area contributed by atoms with Gasteiger partial charge in [-0.05, 0) is 25.1 Å². The van der Waals surface area contributed by atoms with Crippen LogP contribution in [0.5, 0.6) is 11.5 Å². The molecule has 6 heteroatoms. The Bertz CT molecular complexity index is 421. The van der Waals surface area contributed by atoms with Gasteiger partial charge in [-0.1, -0.05) is 0 Å². The van der Waals surface area contributed by atoms with Gasteiger partial charge in [0.1, 0.15) is 11.5 Å². The molecule has 0 saturated carbocycles. The summed E-state index contributed by atoms with van der Waals surface area (Å²) in [6.07, 6.45) is -0.718. The summed E-state index contributed by atoms with van der Waals surface area (Å²) in [7, 11) is 1.47. The lowest BCUT2D eigenvalue weighted by Gasteiger charge is -2.15. The van der Waals surface area contributed by atoms with Crippen LogP contribution in [0.3, 0.4) is 0 Å². The zero-order chi connectivity index (χ0) is 13.7. The summed E-state index contributed by atoms with van der Waals surface area (Å²) >= 11 is 0. The molecule has 0 spiro atoms. The quantitative estimate of drug-likeness (QED) is 0.584. The molecule has 2 unspecified atom stereocenters. The molecule has 0 aliphatic carbocycles. The maximum Gasteiger partial charge on any atom is 0.255 e. The number of phenols is 1. The molecule has 0 heterocycles. The molecule has 5 N–H and O–H groups in total. The fourth-order valence-corrected chi connectivity index (χ4v) is 1.30. The zero-order valence-corrected chi connectivity index (χ0v) is 10.4. The average molecular weight is 254 g/mol. The lowest BCUT2D eigenvalue weighted by Crippen LogP contribution is -2.43. The molecule has 1 rings (SSSR count). The van der Waals surface area contributed by atoms with Gasteiger partial charge in [-0.15, -0.1) is 0 Å².